The number of hydrogen-bond acceptors (Lipinski definition) is 4. The topological polar surface area (TPSA) is 73.6 Å². The van der Waals surface area contributed by atoms with Crippen molar-refractivity contribution in [2.45, 2.75) is 13.3 Å². The summed E-state index contributed by atoms with van der Waals surface area (Å²) in [7, 11) is 0. The molecule has 0 aliphatic heterocycles. The van der Waals surface area contributed by atoms with Crippen molar-refractivity contribution in [3.63, 3.8) is 0 Å². The SMILES string of the molecule is CCOc1cc(N)cc(C(=O)NCCOCC(F)F)c1. The summed E-state index contributed by atoms with van der Waals surface area (Å²) in [4.78, 5) is 11.8. The van der Waals surface area contributed by atoms with Gasteiger partial charge in [0.15, 0.2) is 0 Å². The quantitative estimate of drug-likeness (QED) is 0.564. The van der Waals surface area contributed by atoms with E-state index in [0.29, 0.717) is 23.6 Å². The van der Waals surface area contributed by atoms with E-state index in [9.17, 15) is 13.6 Å². The summed E-state index contributed by atoms with van der Waals surface area (Å²) in [6.45, 7) is 1.82. The monoisotopic (exact) mass is 288 g/mol. The van der Waals surface area contributed by atoms with E-state index in [0.717, 1.165) is 0 Å². The first-order valence-electron chi connectivity index (χ1n) is 6.20. The molecule has 0 aliphatic rings. The number of ether oxygens (including phenoxy) is 2. The third-order valence-corrected chi connectivity index (χ3v) is 2.28. The molecule has 5 nitrogen and oxygen atoms in total. The van der Waals surface area contributed by atoms with Crippen LogP contribution in [0.4, 0.5) is 14.5 Å². The zero-order chi connectivity index (χ0) is 15.0. The molecule has 1 aromatic rings. The number of carbonyl (C=O) groups excluding carboxylic acids is 1. The van der Waals surface area contributed by atoms with Crippen LogP contribution in [-0.2, 0) is 4.74 Å². The minimum atomic E-state index is -2.51. The Morgan fingerprint density at radius 2 is 2.15 bits per heavy atom. The van der Waals surface area contributed by atoms with Gasteiger partial charge in [-0.15, -0.1) is 0 Å². The van der Waals surface area contributed by atoms with E-state index in [2.05, 4.69) is 10.1 Å². The van der Waals surface area contributed by atoms with Crippen LogP contribution in [0.25, 0.3) is 0 Å². The van der Waals surface area contributed by atoms with Crippen molar-refractivity contribution >= 4 is 11.6 Å². The maximum absolute atomic E-state index is 11.8. The number of rotatable bonds is 8. The maximum atomic E-state index is 11.8. The molecule has 0 heterocycles. The molecule has 0 unspecified atom stereocenters. The number of nitrogens with two attached hydrogens (primary N) is 1. The fraction of sp³-hybridized carbons (Fsp3) is 0.462. The molecule has 7 heteroatoms. The molecule has 0 radical (unpaired) electrons. The third-order valence-electron chi connectivity index (χ3n) is 2.28. The predicted octanol–water partition coefficient (Wildman–Crippen LogP) is 1.68. The smallest absolute Gasteiger partial charge is 0.261 e. The van der Waals surface area contributed by atoms with Gasteiger partial charge in [0, 0.05) is 23.9 Å². The van der Waals surface area contributed by atoms with Gasteiger partial charge in [0.2, 0.25) is 0 Å². The first kappa shape index (κ1) is 16.2. The fourth-order valence-electron chi connectivity index (χ4n) is 1.51. The van der Waals surface area contributed by atoms with Crippen LogP contribution in [0.2, 0.25) is 0 Å². The number of carbonyl (C=O) groups is 1. The molecule has 0 fully saturated rings. The summed E-state index contributed by atoms with van der Waals surface area (Å²) in [5, 5.41) is 2.55. The highest BCUT2D eigenvalue weighted by Gasteiger charge is 2.08. The number of alkyl halides is 2. The number of nitrogens with one attached hydrogen (secondary N) is 1. The Kier molecular flexibility index (Phi) is 6.72. The molecular formula is C13H18F2N2O3. The van der Waals surface area contributed by atoms with E-state index in [1.165, 1.54) is 6.07 Å². The van der Waals surface area contributed by atoms with Gasteiger partial charge < -0.3 is 20.5 Å². The first-order chi connectivity index (χ1) is 9.52. The van der Waals surface area contributed by atoms with Crippen LogP contribution in [0.1, 0.15) is 17.3 Å². The summed E-state index contributed by atoms with van der Waals surface area (Å²) < 4.78 is 33.5. The van der Waals surface area contributed by atoms with Gasteiger partial charge in [-0.2, -0.15) is 0 Å². The molecule has 0 atom stereocenters. The van der Waals surface area contributed by atoms with Crippen LogP contribution < -0.4 is 15.8 Å². The van der Waals surface area contributed by atoms with Crippen molar-refractivity contribution < 1.29 is 23.0 Å². The van der Waals surface area contributed by atoms with Crippen LogP contribution in [0.5, 0.6) is 5.75 Å². The van der Waals surface area contributed by atoms with Gasteiger partial charge in [-0.3, -0.25) is 4.79 Å². The zero-order valence-corrected chi connectivity index (χ0v) is 11.2. The van der Waals surface area contributed by atoms with Gasteiger partial charge in [0.25, 0.3) is 12.3 Å². The van der Waals surface area contributed by atoms with Gasteiger partial charge in [0.05, 0.1) is 13.2 Å². The minimum Gasteiger partial charge on any atom is -0.494 e. The third kappa shape index (κ3) is 5.83. The molecule has 1 aromatic carbocycles. The minimum absolute atomic E-state index is 0.0245. The second-order valence-corrected chi connectivity index (χ2v) is 3.95. The second kappa shape index (κ2) is 8.31. The highest BCUT2D eigenvalue weighted by molar-refractivity contribution is 5.95. The van der Waals surface area contributed by atoms with Crippen LogP contribution in [-0.4, -0.2) is 38.7 Å². The van der Waals surface area contributed by atoms with E-state index in [4.69, 9.17) is 10.5 Å². The lowest BCUT2D eigenvalue weighted by molar-refractivity contribution is 0.0188. The first-order valence-corrected chi connectivity index (χ1v) is 6.20. The number of anilines is 1. The van der Waals surface area contributed by atoms with Gasteiger partial charge in [-0.05, 0) is 19.1 Å². The molecule has 0 saturated heterocycles. The largest absolute Gasteiger partial charge is 0.494 e. The van der Waals surface area contributed by atoms with Crippen LogP contribution in [0.15, 0.2) is 18.2 Å². The number of nitrogen functional groups attached to an aromatic ring is 1. The Morgan fingerprint density at radius 3 is 2.80 bits per heavy atom. The molecule has 0 aliphatic carbocycles. The molecule has 0 saturated carbocycles. The van der Waals surface area contributed by atoms with Gasteiger partial charge in [-0.1, -0.05) is 0 Å². The summed E-state index contributed by atoms with van der Waals surface area (Å²) in [5.74, 6) is 0.144. The van der Waals surface area contributed by atoms with E-state index in [1.807, 2.05) is 6.92 Å². The van der Waals surface area contributed by atoms with Crippen molar-refractivity contribution in [1.29, 1.82) is 0 Å². The van der Waals surface area contributed by atoms with Crippen molar-refractivity contribution in [3.05, 3.63) is 23.8 Å². The Labute approximate surface area is 116 Å². The van der Waals surface area contributed by atoms with E-state index in [-0.39, 0.29) is 19.1 Å². The van der Waals surface area contributed by atoms with Crippen LogP contribution in [0, 0.1) is 0 Å². The molecular weight excluding hydrogens is 270 g/mol. The molecule has 3 N–H and O–H groups in total. The Bertz CT molecular complexity index is 442. The van der Waals surface area contributed by atoms with Crippen molar-refractivity contribution in [1.82, 2.24) is 5.32 Å². The van der Waals surface area contributed by atoms with Crippen LogP contribution in [0.3, 0.4) is 0 Å². The number of benzene rings is 1. The summed E-state index contributed by atoms with van der Waals surface area (Å²) in [6, 6.07) is 4.69. The molecule has 0 spiro atoms. The second-order valence-electron chi connectivity index (χ2n) is 3.95. The van der Waals surface area contributed by atoms with Gasteiger partial charge in [0.1, 0.15) is 12.4 Å². The number of amides is 1. The van der Waals surface area contributed by atoms with Crippen molar-refractivity contribution in [3.8, 4) is 5.75 Å². The fourth-order valence-corrected chi connectivity index (χ4v) is 1.51. The van der Waals surface area contributed by atoms with E-state index in [1.54, 1.807) is 12.1 Å². The molecule has 1 rings (SSSR count). The molecule has 1 amide bonds. The maximum Gasteiger partial charge on any atom is 0.261 e. The lowest BCUT2D eigenvalue weighted by Crippen LogP contribution is -2.27. The van der Waals surface area contributed by atoms with E-state index >= 15 is 0 Å². The number of hydrogen-bond donors (Lipinski definition) is 2. The van der Waals surface area contributed by atoms with Gasteiger partial charge >= 0.3 is 0 Å². The summed E-state index contributed by atoms with van der Waals surface area (Å²) >= 11 is 0. The predicted molar refractivity (Wildman–Crippen MR) is 71.2 cm³/mol. The Morgan fingerprint density at radius 1 is 1.40 bits per heavy atom. The highest BCUT2D eigenvalue weighted by atomic mass is 19.3. The lowest BCUT2D eigenvalue weighted by atomic mass is 10.1. The standard InChI is InChI=1S/C13H18F2N2O3/c1-2-20-11-6-9(5-10(16)7-11)13(18)17-3-4-19-8-12(14)15/h5-7,12H,2-4,8,16H2,1H3,(H,17,18). The Hall–Kier alpha value is -1.89. The normalized spacial score (nSPS) is 10.6. The van der Waals surface area contributed by atoms with Gasteiger partial charge in [-0.25, -0.2) is 8.78 Å². The average molecular weight is 288 g/mol. The zero-order valence-electron chi connectivity index (χ0n) is 11.2. The van der Waals surface area contributed by atoms with E-state index < -0.39 is 13.0 Å². The van der Waals surface area contributed by atoms with Crippen molar-refractivity contribution in [2.75, 3.05) is 32.1 Å². The summed E-state index contributed by atoms with van der Waals surface area (Å²) in [5.41, 5.74) is 6.43. The number of halogens is 2. The molecule has 112 valence electrons. The van der Waals surface area contributed by atoms with Crippen molar-refractivity contribution in [2.24, 2.45) is 0 Å². The molecule has 0 bridgehead atoms. The Balaban J connectivity index is 2.46. The van der Waals surface area contributed by atoms with Crippen LogP contribution >= 0.6 is 0 Å². The molecule has 20 heavy (non-hydrogen) atoms. The summed E-state index contributed by atoms with van der Waals surface area (Å²) in [6.07, 6.45) is -2.51. The highest BCUT2D eigenvalue weighted by Crippen LogP contribution is 2.18. The lowest BCUT2D eigenvalue weighted by Gasteiger charge is -2.09. The molecule has 0 aromatic heterocycles. The average Bonchev–Trinajstić information content (AvgIpc) is 2.37.